The van der Waals surface area contributed by atoms with Crippen molar-refractivity contribution in [3.8, 4) is 0 Å². The number of carbonyl (C=O) groups excluding carboxylic acids is 1. The zero-order valence-corrected chi connectivity index (χ0v) is 21.6. The van der Waals surface area contributed by atoms with Crippen molar-refractivity contribution in [2.75, 3.05) is 0 Å². The Labute approximate surface area is 203 Å². The number of unbranched alkanes of at least 4 members (excludes halogenated alkanes) is 16. The highest BCUT2D eigenvalue weighted by molar-refractivity contribution is 5.82. The van der Waals surface area contributed by atoms with E-state index in [1.807, 2.05) is 0 Å². The minimum Gasteiger partial charge on any atom is -0.512 e. The highest BCUT2D eigenvalue weighted by atomic mass is 16.5. The van der Waals surface area contributed by atoms with E-state index < -0.39 is 18.0 Å². The quantitative estimate of drug-likeness (QED) is 0.0640. The van der Waals surface area contributed by atoms with Gasteiger partial charge in [0.1, 0.15) is 6.10 Å². The third kappa shape index (κ3) is 23.4. The SMILES string of the molecule is CCCCCCCCCCCCCC(O)=CC(=O)OC(CCCCCCCCC)CC(=O)O. The molecular formula is C28H52O5. The average Bonchev–Trinajstić information content (AvgIpc) is 2.76. The lowest BCUT2D eigenvalue weighted by Gasteiger charge is -2.15. The van der Waals surface area contributed by atoms with Crippen LogP contribution in [0.1, 0.15) is 149 Å². The maximum Gasteiger partial charge on any atom is 0.334 e. The topological polar surface area (TPSA) is 83.8 Å². The number of esters is 1. The summed E-state index contributed by atoms with van der Waals surface area (Å²) in [6.45, 7) is 4.43. The molecule has 0 aliphatic carbocycles. The zero-order chi connectivity index (χ0) is 24.6. The fourth-order valence-corrected chi connectivity index (χ4v) is 4.10. The Morgan fingerprint density at radius 1 is 0.667 bits per heavy atom. The van der Waals surface area contributed by atoms with Crippen LogP contribution in [0.3, 0.4) is 0 Å². The Bertz CT molecular complexity index is 501. The monoisotopic (exact) mass is 468 g/mol. The molecule has 1 atom stereocenters. The van der Waals surface area contributed by atoms with Crippen LogP contribution in [0, 0.1) is 0 Å². The molecule has 2 N–H and O–H groups in total. The number of carboxylic acid groups (broad SMARTS) is 1. The first-order valence-corrected chi connectivity index (χ1v) is 13.8. The van der Waals surface area contributed by atoms with Gasteiger partial charge in [0.25, 0.3) is 0 Å². The van der Waals surface area contributed by atoms with E-state index >= 15 is 0 Å². The standard InChI is InChI=1S/C28H52O5/c1-3-5-7-9-11-12-13-14-16-17-19-21-25(29)23-28(32)33-26(24-27(30)31)22-20-18-15-10-8-6-4-2/h23,26,29H,3-22,24H2,1-2H3,(H,30,31). The molecule has 0 aromatic rings. The molecule has 0 saturated carbocycles. The van der Waals surface area contributed by atoms with Crippen molar-refractivity contribution in [1.29, 1.82) is 0 Å². The van der Waals surface area contributed by atoms with E-state index in [9.17, 15) is 14.7 Å². The zero-order valence-electron chi connectivity index (χ0n) is 21.6. The summed E-state index contributed by atoms with van der Waals surface area (Å²) in [5.74, 6) is -1.57. The summed E-state index contributed by atoms with van der Waals surface area (Å²) in [5.41, 5.74) is 0. The molecule has 0 heterocycles. The number of hydrogen-bond acceptors (Lipinski definition) is 4. The minimum atomic E-state index is -0.968. The van der Waals surface area contributed by atoms with Crippen molar-refractivity contribution in [1.82, 2.24) is 0 Å². The van der Waals surface area contributed by atoms with Gasteiger partial charge in [-0.15, -0.1) is 0 Å². The van der Waals surface area contributed by atoms with Crippen molar-refractivity contribution in [2.45, 2.75) is 155 Å². The maximum atomic E-state index is 12.1. The Kier molecular flexibility index (Phi) is 22.5. The first-order chi connectivity index (χ1) is 16.0. The van der Waals surface area contributed by atoms with Gasteiger partial charge in [0.15, 0.2) is 0 Å². The second-order valence-electron chi connectivity index (χ2n) is 9.49. The van der Waals surface area contributed by atoms with Crippen LogP contribution in [0.2, 0.25) is 0 Å². The molecule has 33 heavy (non-hydrogen) atoms. The molecule has 0 aliphatic rings. The predicted octanol–water partition coefficient (Wildman–Crippen LogP) is 8.66. The minimum absolute atomic E-state index is 0.0286. The van der Waals surface area contributed by atoms with Crippen molar-refractivity contribution in [3.63, 3.8) is 0 Å². The van der Waals surface area contributed by atoms with E-state index in [1.54, 1.807) is 0 Å². The molecule has 1 unspecified atom stereocenters. The lowest BCUT2D eigenvalue weighted by atomic mass is 10.0. The number of carboxylic acids is 1. The lowest BCUT2D eigenvalue weighted by Crippen LogP contribution is -2.21. The number of hydrogen-bond donors (Lipinski definition) is 2. The molecule has 0 rings (SSSR count). The van der Waals surface area contributed by atoms with E-state index in [2.05, 4.69) is 13.8 Å². The molecule has 0 aliphatic heterocycles. The van der Waals surface area contributed by atoms with Crippen LogP contribution in [0.4, 0.5) is 0 Å². The Hall–Kier alpha value is -1.52. The average molecular weight is 469 g/mol. The highest BCUT2D eigenvalue weighted by Crippen LogP contribution is 2.16. The Balaban J connectivity index is 3.95. The van der Waals surface area contributed by atoms with Crippen LogP contribution in [0.25, 0.3) is 0 Å². The third-order valence-electron chi connectivity index (χ3n) is 6.14. The van der Waals surface area contributed by atoms with E-state index in [1.165, 1.54) is 77.0 Å². The fourth-order valence-electron chi connectivity index (χ4n) is 4.10. The van der Waals surface area contributed by atoms with Crippen LogP contribution >= 0.6 is 0 Å². The smallest absolute Gasteiger partial charge is 0.334 e. The number of aliphatic hydroxyl groups excluding tert-OH is 1. The van der Waals surface area contributed by atoms with Gasteiger partial charge < -0.3 is 14.9 Å². The first-order valence-electron chi connectivity index (χ1n) is 13.8. The molecule has 5 heteroatoms. The van der Waals surface area contributed by atoms with Crippen molar-refractivity contribution in [3.05, 3.63) is 11.8 Å². The summed E-state index contributed by atoms with van der Waals surface area (Å²) in [7, 11) is 0. The second-order valence-corrected chi connectivity index (χ2v) is 9.49. The molecule has 0 fully saturated rings. The third-order valence-corrected chi connectivity index (χ3v) is 6.14. The van der Waals surface area contributed by atoms with Crippen molar-refractivity contribution < 1.29 is 24.5 Å². The number of rotatable bonds is 24. The van der Waals surface area contributed by atoms with Crippen molar-refractivity contribution in [2.24, 2.45) is 0 Å². The Morgan fingerprint density at radius 2 is 1.09 bits per heavy atom. The molecule has 0 aromatic carbocycles. The molecule has 194 valence electrons. The lowest BCUT2D eigenvalue weighted by molar-refractivity contribution is -0.148. The van der Waals surface area contributed by atoms with Gasteiger partial charge in [0.05, 0.1) is 18.3 Å². The van der Waals surface area contributed by atoms with Gasteiger partial charge in [-0.25, -0.2) is 4.79 Å². The molecule has 0 aromatic heterocycles. The Morgan fingerprint density at radius 3 is 1.55 bits per heavy atom. The molecule has 5 nitrogen and oxygen atoms in total. The number of carbonyl (C=O) groups is 2. The summed E-state index contributed by atoms with van der Waals surface area (Å²) < 4.78 is 5.33. The van der Waals surface area contributed by atoms with E-state index in [0.717, 1.165) is 44.6 Å². The summed E-state index contributed by atoms with van der Waals surface area (Å²) in [6.07, 6.45) is 22.8. The van der Waals surface area contributed by atoms with Gasteiger partial charge in [-0.2, -0.15) is 0 Å². The summed E-state index contributed by atoms with van der Waals surface area (Å²) in [5, 5.41) is 19.1. The summed E-state index contributed by atoms with van der Waals surface area (Å²) in [6, 6.07) is 0. The molecule has 0 bridgehead atoms. The number of aliphatic carboxylic acids is 1. The molecule has 0 saturated heterocycles. The number of ether oxygens (including phenoxy) is 1. The fraction of sp³-hybridized carbons (Fsp3) is 0.857. The molecular weight excluding hydrogens is 416 g/mol. The maximum absolute atomic E-state index is 12.1. The van der Waals surface area contributed by atoms with Crippen LogP contribution in [0.5, 0.6) is 0 Å². The van der Waals surface area contributed by atoms with Crippen LogP contribution in [0.15, 0.2) is 11.8 Å². The molecule has 0 amide bonds. The second kappa shape index (κ2) is 23.6. The van der Waals surface area contributed by atoms with Gasteiger partial charge in [-0.05, 0) is 19.3 Å². The van der Waals surface area contributed by atoms with Crippen LogP contribution in [-0.4, -0.2) is 28.3 Å². The van der Waals surface area contributed by atoms with Crippen molar-refractivity contribution >= 4 is 11.9 Å². The van der Waals surface area contributed by atoms with Gasteiger partial charge in [-0.1, -0.05) is 117 Å². The molecule has 0 radical (unpaired) electrons. The molecule has 0 spiro atoms. The largest absolute Gasteiger partial charge is 0.512 e. The van der Waals surface area contributed by atoms with Gasteiger partial charge in [-0.3, -0.25) is 4.79 Å². The van der Waals surface area contributed by atoms with E-state index in [4.69, 9.17) is 9.84 Å². The highest BCUT2D eigenvalue weighted by Gasteiger charge is 2.17. The van der Waals surface area contributed by atoms with Gasteiger partial charge >= 0.3 is 11.9 Å². The normalized spacial score (nSPS) is 12.6. The van der Waals surface area contributed by atoms with Crippen LogP contribution in [-0.2, 0) is 14.3 Å². The first kappa shape index (κ1) is 31.5. The predicted molar refractivity (Wildman–Crippen MR) is 137 cm³/mol. The van der Waals surface area contributed by atoms with Gasteiger partial charge in [0, 0.05) is 6.42 Å². The van der Waals surface area contributed by atoms with E-state index in [-0.39, 0.29) is 12.2 Å². The van der Waals surface area contributed by atoms with Crippen LogP contribution < -0.4 is 0 Å². The summed E-state index contributed by atoms with van der Waals surface area (Å²) >= 11 is 0. The number of allylic oxidation sites excluding steroid dienone is 1. The summed E-state index contributed by atoms with van der Waals surface area (Å²) in [4.78, 5) is 23.2. The van der Waals surface area contributed by atoms with Gasteiger partial charge in [0.2, 0.25) is 0 Å². The van der Waals surface area contributed by atoms with E-state index in [0.29, 0.717) is 12.8 Å². The number of aliphatic hydroxyl groups is 1.